The van der Waals surface area contributed by atoms with Crippen LogP contribution < -0.4 is 0 Å². The van der Waals surface area contributed by atoms with E-state index in [1.54, 1.807) is 0 Å². The number of hydrogen-bond donors (Lipinski definition) is 3. The molecule has 0 aromatic heterocycles. The van der Waals surface area contributed by atoms with Crippen molar-refractivity contribution in [2.75, 3.05) is 0 Å². The predicted molar refractivity (Wildman–Crippen MR) is 37.7 cm³/mol. The summed E-state index contributed by atoms with van der Waals surface area (Å²) in [6.07, 6.45) is 0. The first kappa shape index (κ1) is 8.93. The largest absolute Gasteiger partial charge is 0.308 e. The highest BCUT2D eigenvalue weighted by Gasteiger charge is 2.17. The van der Waals surface area contributed by atoms with Gasteiger partial charge in [-0.1, -0.05) is 0 Å². The first-order valence-corrected chi connectivity index (χ1v) is 4.05. The molecule has 1 atom stereocenters. The molecule has 0 spiro atoms. The van der Waals surface area contributed by atoms with Crippen molar-refractivity contribution in [3.05, 3.63) is 0 Å². The van der Waals surface area contributed by atoms with E-state index in [1.165, 1.54) is 6.92 Å². The van der Waals surface area contributed by atoms with Crippen molar-refractivity contribution in [1.82, 2.24) is 0 Å². The summed E-state index contributed by atoms with van der Waals surface area (Å²) in [7, 11) is -4.30. The molecule has 0 amide bonds. The van der Waals surface area contributed by atoms with Crippen LogP contribution in [0, 0.1) is 5.41 Å². The fourth-order valence-corrected chi connectivity index (χ4v) is 1.05. The molecule has 0 fully saturated rings. The van der Waals surface area contributed by atoms with Crippen LogP contribution in [0.3, 0.4) is 0 Å². The minimum atomic E-state index is -4.30. The summed E-state index contributed by atoms with van der Waals surface area (Å²) in [5, 5.41) is 5.16. The topological polar surface area (TPSA) is 78.2 Å². The lowest BCUT2D eigenvalue weighted by atomic mass is 10.5. The van der Waals surface area contributed by atoms with Crippen LogP contribution in [0.25, 0.3) is 0 Å². The summed E-state index contributed by atoms with van der Waals surface area (Å²) >= 11 is 3.62. The molecule has 0 rings (SSSR count). The van der Waals surface area contributed by atoms with Gasteiger partial charge in [-0.05, 0) is 6.92 Å². The van der Waals surface area contributed by atoms with Crippen molar-refractivity contribution in [2.45, 2.75) is 12.2 Å². The Bertz CT molecular complexity index is 205. The van der Waals surface area contributed by atoms with Gasteiger partial charge in [0.15, 0.2) is 5.04 Å². The molecule has 0 aromatic rings. The van der Waals surface area contributed by atoms with E-state index in [-0.39, 0.29) is 0 Å². The molecule has 54 valence electrons. The third-order valence-electron chi connectivity index (χ3n) is 0.657. The average Bonchev–Trinajstić information content (AvgIpc) is 1.62. The zero-order valence-electron chi connectivity index (χ0n) is 4.70. The molecule has 0 heterocycles. The summed E-state index contributed by atoms with van der Waals surface area (Å²) in [4.78, 5) is 0. The van der Waals surface area contributed by atoms with E-state index in [0.717, 1.165) is 0 Å². The SMILES string of the molecule is CC(S)C(=N)S(=O)(=O)O. The molecule has 0 aliphatic carbocycles. The standard InChI is InChI=1S/C3H7NO3S2/c1-2(8)3(4)9(5,6)7/h2,4,8H,1H3,(H,5,6,7). The number of hydrogen-bond acceptors (Lipinski definition) is 4. The molecule has 2 N–H and O–H groups in total. The molecule has 4 nitrogen and oxygen atoms in total. The van der Waals surface area contributed by atoms with Crippen LogP contribution >= 0.6 is 12.6 Å². The number of nitrogens with one attached hydrogen (secondary N) is 1. The van der Waals surface area contributed by atoms with Crippen molar-refractivity contribution in [2.24, 2.45) is 0 Å². The van der Waals surface area contributed by atoms with Crippen LogP contribution in [0.2, 0.25) is 0 Å². The van der Waals surface area contributed by atoms with Crippen LogP contribution in [0.1, 0.15) is 6.92 Å². The van der Waals surface area contributed by atoms with E-state index in [0.29, 0.717) is 0 Å². The monoisotopic (exact) mass is 169 g/mol. The fraction of sp³-hybridized carbons (Fsp3) is 0.667. The molecule has 0 aromatic carbocycles. The lowest BCUT2D eigenvalue weighted by Crippen LogP contribution is -2.20. The van der Waals surface area contributed by atoms with Gasteiger partial charge in [0.25, 0.3) is 0 Å². The van der Waals surface area contributed by atoms with Gasteiger partial charge in [0, 0.05) is 0 Å². The summed E-state index contributed by atoms with van der Waals surface area (Å²) < 4.78 is 28.3. The first-order valence-electron chi connectivity index (χ1n) is 2.09. The van der Waals surface area contributed by atoms with E-state index in [4.69, 9.17) is 9.96 Å². The van der Waals surface area contributed by atoms with E-state index in [9.17, 15) is 8.42 Å². The lowest BCUT2D eigenvalue weighted by molar-refractivity contribution is 0.497. The highest BCUT2D eigenvalue weighted by Crippen LogP contribution is 1.99. The smallest absolute Gasteiger partial charge is 0.291 e. The Morgan fingerprint density at radius 3 is 2.11 bits per heavy atom. The maximum atomic E-state index is 10.1. The van der Waals surface area contributed by atoms with Crippen molar-refractivity contribution in [3.8, 4) is 0 Å². The van der Waals surface area contributed by atoms with E-state index in [1.807, 2.05) is 0 Å². The Morgan fingerprint density at radius 2 is 2.11 bits per heavy atom. The average molecular weight is 169 g/mol. The molecular weight excluding hydrogens is 162 g/mol. The molecule has 6 heteroatoms. The molecule has 0 aliphatic heterocycles. The van der Waals surface area contributed by atoms with E-state index >= 15 is 0 Å². The van der Waals surface area contributed by atoms with Crippen molar-refractivity contribution < 1.29 is 13.0 Å². The molecule has 0 saturated heterocycles. The van der Waals surface area contributed by atoms with E-state index in [2.05, 4.69) is 12.6 Å². The highest BCUT2D eigenvalue weighted by molar-refractivity contribution is 8.03. The molecule has 0 aliphatic rings. The quantitative estimate of drug-likeness (QED) is 0.226. The van der Waals surface area contributed by atoms with Gasteiger partial charge in [0.05, 0.1) is 5.25 Å². The third-order valence-corrected chi connectivity index (χ3v) is 2.00. The summed E-state index contributed by atoms with van der Waals surface area (Å²) in [5.74, 6) is 0. The Hall–Kier alpha value is -0.0700. The van der Waals surface area contributed by atoms with Gasteiger partial charge in [-0.2, -0.15) is 21.0 Å². The van der Waals surface area contributed by atoms with Gasteiger partial charge in [0.1, 0.15) is 0 Å². The maximum Gasteiger partial charge on any atom is 0.308 e. The Balaban J connectivity index is 4.45. The van der Waals surface area contributed by atoms with Gasteiger partial charge >= 0.3 is 10.1 Å². The van der Waals surface area contributed by atoms with Gasteiger partial charge in [0.2, 0.25) is 0 Å². The van der Waals surface area contributed by atoms with Crippen LogP contribution in [0.4, 0.5) is 0 Å². The Kier molecular flexibility index (Phi) is 2.66. The van der Waals surface area contributed by atoms with Crippen LogP contribution in [0.15, 0.2) is 0 Å². The predicted octanol–water partition coefficient (Wildman–Crippen LogP) is 0.170. The van der Waals surface area contributed by atoms with Gasteiger partial charge in [-0.15, -0.1) is 0 Å². The van der Waals surface area contributed by atoms with Crippen molar-refractivity contribution >= 4 is 27.8 Å². The van der Waals surface area contributed by atoms with Crippen molar-refractivity contribution in [3.63, 3.8) is 0 Å². The molecule has 0 radical (unpaired) electrons. The van der Waals surface area contributed by atoms with Gasteiger partial charge in [-0.3, -0.25) is 9.96 Å². The summed E-state index contributed by atoms with van der Waals surface area (Å²) in [6, 6.07) is 0. The maximum absolute atomic E-state index is 10.1. The normalized spacial score (nSPS) is 15.0. The minimum absolute atomic E-state index is 0.750. The van der Waals surface area contributed by atoms with Crippen molar-refractivity contribution in [1.29, 1.82) is 5.41 Å². The second-order valence-corrected chi connectivity index (χ2v) is 3.68. The van der Waals surface area contributed by atoms with Crippen LogP contribution in [-0.2, 0) is 10.1 Å². The molecule has 0 saturated carbocycles. The van der Waals surface area contributed by atoms with Gasteiger partial charge < -0.3 is 0 Å². The highest BCUT2D eigenvalue weighted by atomic mass is 32.2. The van der Waals surface area contributed by atoms with Gasteiger partial charge in [-0.25, -0.2) is 0 Å². The number of thiol groups is 1. The Labute approximate surface area is 58.9 Å². The summed E-state index contributed by atoms with van der Waals surface area (Å²) in [6.45, 7) is 1.39. The molecular formula is C3H7NO3S2. The first-order chi connectivity index (χ1) is 3.85. The van der Waals surface area contributed by atoms with Crippen LogP contribution in [0.5, 0.6) is 0 Å². The fourth-order valence-electron chi connectivity index (χ4n) is 0.216. The third kappa shape index (κ3) is 2.83. The minimum Gasteiger partial charge on any atom is -0.291 e. The molecule has 0 bridgehead atoms. The van der Waals surface area contributed by atoms with E-state index < -0.39 is 20.4 Å². The molecule has 1 unspecified atom stereocenters. The summed E-state index contributed by atoms with van der Waals surface area (Å²) in [5.41, 5.74) is 0. The van der Waals surface area contributed by atoms with Crippen LogP contribution in [-0.4, -0.2) is 23.3 Å². The second kappa shape index (κ2) is 2.68. The molecule has 9 heavy (non-hydrogen) atoms. The lowest BCUT2D eigenvalue weighted by Gasteiger charge is -1.99. The Morgan fingerprint density at radius 1 is 1.78 bits per heavy atom. The second-order valence-electron chi connectivity index (χ2n) is 1.52. The zero-order valence-corrected chi connectivity index (χ0v) is 6.41. The zero-order chi connectivity index (χ0) is 7.65. The number of rotatable bonds is 1.